The molecular weight excluding hydrogens is 631 g/mol. The van der Waals surface area contributed by atoms with Crippen LogP contribution in [0.4, 0.5) is 8.78 Å². The molecule has 3 heterocycles. The van der Waals surface area contributed by atoms with Crippen molar-refractivity contribution in [2.24, 2.45) is 5.10 Å². The van der Waals surface area contributed by atoms with Gasteiger partial charge < -0.3 is 10.1 Å². The van der Waals surface area contributed by atoms with Crippen molar-refractivity contribution in [3.05, 3.63) is 124 Å². The fourth-order valence-electron chi connectivity index (χ4n) is 4.99. The van der Waals surface area contributed by atoms with Gasteiger partial charge in [0.25, 0.3) is 11.8 Å². The fraction of sp³-hybridized carbons (Fsp3) is 0.182. The van der Waals surface area contributed by atoms with Gasteiger partial charge in [0.2, 0.25) is 0 Å². The minimum atomic E-state index is -0.514. The average Bonchev–Trinajstić information content (AvgIpc) is 3.84. The fourth-order valence-corrected chi connectivity index (χ4v) is 6.53. The quantitative estimate of drug-likeness (QED) is 0.165. The number of benzene rings is 3. The Morgan fingerprint density at radius 1 is 1.00 bits per heavy atom. The van der Waals surface area contributed by atoms with Gasteiger partial charge in [0.15, 0.2) is 11.0 Å². The van der Waals surface area contributed by atoms with Crippen molar-refractivity contribution < 1.29 is 23.1 Å². The number of thiophene rings is 1. The highest BCUT2D eigenvalue weighted by atomic mass is 32.2. The van der Waals surface area contributed by atoms with Crippen molar-refractivity contribution in [1.29, 1.82) is 0 Å². The van der Waals surface area contributed by atoms with Crippen molar-refractivity contribution in [2.45, 2.75) is 31.1 Å². The normalized spacial score (nSPS) is 14.3. The first-order valence-corrected chi connectivity index (χ1v) is 16.3. The van der Waals surface area contributed by atoms with Gasteiger partial charge in [-0.15, -0.1) is 21.5 Å². The second-order valence-corrected chi connectivity index (χ2v) is 12.1. The van der Waals surface area contributed by atoms with E-state index in [-0.39, 0.29) is 35.6 Å². The zero-order chi connectivity index (χ0) is 32.0. The summed E-state index contributed by atoms with van der Waals surface area (Å²) in [5, 5.41) is 20.0. The molecule has 13 heteroatoms. The number of thioether (sulfide) groups is 1. The van der Waals surface area contributed by atoms with E-state index in [4.69, 9.17) is 9.84 Å². The van der Waals surface area contributed by atoms with Crippen LogP contribution in [0, 0.1) is 11.6 Å². The molecule has 1 aliphatic heterocycles. The summed E-state index contributed by atoms with van der Waals surface area (Å²) < 4.78 is 34.7. The lowest BCUT2D eigenvalue weighted by Crippen LogP contribution is -2.28. The highest BCUT2D eigenvalue weighted by Gasteiger charge is 2.33. The van der Waals surface area contributed by atoms with Crippen LogP contribution in [0.3, 0.4) is 0 Å². The van der Waals surface area contributed by atoms with Gasteiger partial charge >= 0.3 is 0 Å². The van der Waals surface area contributed by atoms with E-state index in [1.165, 1.54) is 47.1 Å². The minimum absolute atomic E-state index is 0.00268. The Morgan fingerprint density at radius 3 is 2.52 bits per heavy atom. The van der Waals surface area contributed by atoms with Crippen LogP contribution < -0.4 is 10.1 Å². The first kappa shape index (κ1) is 31.1. The van der Waals surface area contributed by atoms with E-state index in [9.17, 15) is 18.4 Å². The Labute approximate surface area is 271 Å². The number of nitrogens with zero attached hydrogens (tertiary/aromatic N) is 5. The minimum Gasteiger partial charge on any atom is -0.494 e. The summed E-state index contributed by atoms with van der Waals surface area (Å²) in [7, 11) is 0. The van der Waals surface area contributed by atoms with Crippen molar-refractivity contribution in [3.63, 3.8) is 0 Å². The summed E-state index contributed by atoms with van der Waals surface area (Å²) in [6.07, 6.45) is 0.500. The number of halogens is 2. The van der Waals surface area contributed by atoms with Crippen LogP contribution in [0.1, 0.15) is 46.0 Å². The third-order valence-corrected chi connectivity index (χ3v) is 8.98. The smallest absolute Gasteiger partial charge is 0.253 e. The molecule has 0 saturated heterocycles. The summed E-state index contributed by atoms with van der Waals surface area (Å²) in [5.41, 5.74) is 2.44. The lowest BCUT2D eigenvalue weighted by atomic mass is 10.0. The van der Waals surface area contributed by atoms with Crippen molar-refractivity contribution in [2.75, 3.05) is 12.4 Å². The van der Waals surface area contributed by atoms with Crippen LogP contribution in [0.2, 0.25) is 0 Å². The van der Waals surface area contributed by atoms with E-state index in [2.05, 4.69) is 15.5 Å². The number of amides is 2. The molecule has 0 radical (unpaired) electrons. The largest absolute Gasteiger partial charge is 0.494 e. The molecule has 9 nitrogen and oxygen atoms in total. The van der Waals surface area contributed by atoms with Crippen LogP contribution in [0.5, 0.6) is 5.75 Å². The van der Waals surface area contributed by atoms with Gasteiger partial charge in [-0.1, -0.05) is 36.0 Å². The van der Waals surface area contributed by atoms with Crippen molar-refractivity contribution in [1.82, 2.24) is 25.1 Å². The van der Waals surface area contributed by atoms with Crippen LogP contribution >= 0.6 is 23.1 Å². The van der Waals surface area contributed by atoms with Gasteiger partial charge in [-0.3, -0.25) is 14.2 Å². The van der Waals surface area contributed by atoms with Crippen LogP contribution in [-0.4, -0.2) is 49.7 Å². The number of ether oxygens (including phenoxy) is 1. The number of hydrogen-bond donors (Lipinski definition) is 1. The molecule has 3 aromatic carbocycles. The molecule has 2 amide bonds. The lowest BCUT2D eigenvalue weighted by molar-refractivity contribution is -0.130. The van der Waals surface area contributed by atoms with Gasteiger partial charge in [0.05, 0.1) is 35.5 Å². The van der Waals surface area contributed by atoms with E-state index in [1.807, 2.05) is 48.7 Å². The number of hydrazone groups is 1. The number of carbonyl (C=O) groups is 2. The number of carbonyl (C=O) groups excluding carboxylic acids is 2. The summed E-state index contributed by atoms with van der Waals surface area (Å²) in [6.45, 7) is 2.41. The molecule has 0 unspecified atom stereocenters. The van der Waals surface area contributed by atoms with Crippen LogP contribution in [0.15, 0.2) is 101 Å². The van der Waals surface area contributed by atoms with E-state index >= 15 is 0 Å². The third kappa shape index (κ3) is 7.00. The Bertz CT molecular complexity index is 1860. The molecule has 0 aliphatic carbocycles. The summed E-state index contributed by atoms with van der Waals surface area (Å²) in [6, 6.07) is 22.3. The maximum atomic E-state index is 13.7. The number of nitrogens with one attached hydrogen (secondary N) is 1. The van der Waals surface area contributed by atoms with Crippen LogP contribution in [0.25, 0.3) is 5.69 Å². The first-order chi connectivity index (χ1) is 22.4. The number of aromatic nitrogens is 3. The molecule has 0 spiro atoms. The van der Waals surface area contributed by atoms with Crippen molar-refractivity contribution >= 4 is 40.6 Å². The number of hydrogen-bond acceptors (Lipinski definition) is 8. The lowest BCUT2D eigenvalue weighted by Gasteiger charge is -2.22. The van der Waals surface area contributed by atoms with Gasteiger partial charge in [0.1, 0.15) is 17.4 Å². The predicted molar refractivity (Wildman–Crippen MR) is 172 cm³/mol. The molecule has 0 bridgehead atoms. The monoisotopic (exact) mass is 658 g/mol. The molecule has 0 saturated carbocycles. The second-order valence-electron chi connectivity index (χ2n) is 10.2. The molecular formula is C33H28F2N6O3S2. The Hall–Kier alpha value is -4.88. The van der Waals surface area contributed by atoms with Crippen molar-refractivity contribution in [3.8, 4) is 11.4 Å². The van der Waals surface area contributed by atoms with Gasteiger partial charge in [-0.25, -0.2) is 13.8 Å². The van der Waals surface area contributed by atoms with Gasteiger partial charge in [-0.2, -0.15) is 5.10 Å². The highest BCUT2D eigenvalue weighted by molar-refractivity contribution is 7.99. The van der Waals surface area contributed by atoms with Gasteiger partial charge in [0, 0.05) is 17.7 Å². The Balaban J connectivity index is 1.24. The standard InChI is InChI=1S/C33H28F2N6O3S2/c1-2-44-26-14-12-25(13-15-26)40-30(19-36-32(43)22-5-3-6-24(35)17-22)37-38-33(40)46-20-31(42)41-28(21-8-10-23(34)11-9-21)18-27(39-41)29-7-4-16-45-29/h3-17,28H,2,18-20H2,1H3,(H,36,43)/t28-/m0/s1. The zero-order valence-corrected chi connectivity index (χ0v) is 26.2. The average molecular weight is 659 g/mol. The topological polar surface area (TPSA) is 102 Å². The molecule has 1 aliphatic rings. The van der Waals surface area contributed by atoms with E-state index in [0.29, 0.717) is 35.4 Å². The maximum absolute atomic E-state index is 13.7. The van der Waals surface area contributed by atoms with E-state index in [1.54, 1.807) is 28.0 Å². The maximum Gasteiger partial charge on any atom is 0.253 e. The summed E-state index contributed by atoms with van der Waals surface area (Å²) in [4.78, 5) is 27.4. The molecule has 234 valence electrons. The Morgan fingerprint density at radius 2 is 1.80 bits per heavy atom. The second kappa shape index (κ2) is 14.0. The molecule has 46 heavy (non-hydrogen) atoms. The van der Waals surface area contributed by atoms with Crippen LogP contribution in [-0.2, 0) is 11.3 Å². The zero-order valence-electron chi connectivity index (χ0n) is 24.6. The molecule has 6 rings (SSSR count). The molecule has 1 atom stereocenters. The molecule has 1 N–H and O–H groups in total. The Kier molecular flexibility index (Phi) is 9.50. The van der Waals surface area contributed by atoms with E-state index in [0.717, 1.165) is 22.2 Å². The summed E-state index contributed by atoms with van der Waals surface area (Å²) >= 11 is 2.72. The third-order valence-electron chi connectivity index (χ3n) is 7.15. The number of rotatable bonds is 11. The highest BCUT2D eigenvalue weighted by Crippen LogP contribution is 2.35. The first-order valence-electron chi connectivity index (χ1n) is 14.4. The molecule has 0 fully saturated rings. The summed E-state index contributed by atoms with van der Waals surface area (Å²) in [5.74, 6) is -0.508. The molecule has 2 aromatic heterocycles. The van der Waals surface area contributed by atoms with E-state index < -0.39 is 11.7 Å². The SMILES string of the molecule is CCOc1ccc(-n2c(CNC(=O)c3cccc(F)c3)nnc2SCC(=O)N2N=C(c3cccs3)C[C@H]2c2ccc(F)cc2)cc1. The van der Waals surface area contributed by atoms with Gasteiger partial charge in [-0.05, 0) is 78.5 Å². The molecule has 5 aromatic rings. The predicted octanol–water partition coefficient (Wildman–Crippen LogP) is 6.41.